The summed E-state index contributed by atoms with van der Waals surface area (Å²) in [7, 11) is 0. The molecule has 0 aliphatic heterocycles. The SMILES string of the molecule is O=C(Cc1cncs1)c1ccoc1Cl. The average Bonchev–Trinajstić information content (AvgIpc) is 2.75. The molecule has 0 unspecified atom stereocenters. The van der Waals surface area contributed by atoms with Crippen molar-refractivity contribution < 1.29 is 9.21 Å². The van der Waals surface area contributed by atoms with Crippen molar-refractivity contribution in [3.8, 4) is 0 Å². The van der Waals surface area contributed by atoms with Crippen LogP contribution in [0.25, 0.3) is 0 Å². The highest BCUT2D eigenvalue weighted by molar-refractivity contribution is 7.09. The predicted molar refractivity (Wildman–Crippen MR) is 53.9 cm³/mol. The molecule has 14 heavy (non-hydrogen) atoms. The van der Waals surface area contributed by atoms with Gasteiger partial charge in [-0.2, -0.15) is 0 Å². The van der Waals surface area contributed by atoms with Crippen molar-refractivity contribution >= 4 is 28.7 Å². The number of rotatable bonds is 3. The van der Waals surface area contributed by atoms with Gasteiger partial charge in [-0.25, -0.2) is 0 Å². The number of halogens is 1. The minimum atomic E-state index is -0.0481. The summed E-state index contributed by atoms with van der Waals surface area (Å²) >= 11 is 7.12. The number of furan rings is 1. The van der Waals surface area contributed by atoms with Crippen LogP contribution in [0.15, 0.2) is 28.5 Å². The van der Waals surface area contributed by atoms with Crippen molar-refractivity contribution in [2.75, 3.05) is 0 Å². The molecule has 0 spiro atoms. The van der Waals surface area contributed by atoms with Crippen LogP contribution in [0.5, 0.6) is 0 Å². The molecule has 0 N–H and O–H groups in total. The maximum Gasteiger partial charge on any atom is 0.203 e. The van der Waals surface area contributed by atoms with Crippen LogP contribution in [0.2, 0.25) is 5.22 Å². The second-order valence-electron chi connectivity index (χ2n) is 2.68. The van der Waals surface area contributed by atoms with E-state index in [9.17, 15) is 4.79 Å². The summed E-state index contributed by atoms with van der Waals surface area (Å²) in [6.07, 6.45) is 3.41. The molecule has 0 aliphatic rings. The first kappa shape index (κ1) is 9.43. The Balaban J connectivity index is 2.14. The van der Waals surface area contributed by atoms with Gasteiger partial charge in [-0.15, -0.1) is 11.3 Å². The molecule has 5 heteroatoms. The molecule has 2 aromatic rings. The van der Waals surface area contributed by atoms with Gasteiger partial charge in [-0.05, 0) is 17.7 Å². The van der Waals surface area contributed by atoms with Crippen LogP contribution >= 0.6 is 22.9 Å². The molecule has 3 nitrogen and oxygen atoms in total. The van der Waals surface area contributed by atoms with Crippen LogP contribution in [0.4, 0.5) is 0 Å². The van der Waals surface area contributed by atoms with Gasteiger partial charge in [0, 0.05) is 17.5 Å². The van der Waals surface area contributed by atoms with E-state index >= 15 is 0 Å². The van der Waals surface area contributed by atoms with Gasteiger partial charge in [-0.3, -0.25) is 9.78 Å². The Bertz CT molecular complexity index is 435. The summed E-state index contributed by atoms with van der Waals surface area (Å²) in [6, 6.07) is 1.58. The molecule has 0 amide bonds. The van der Waals surface area contributed by atoms with Gasteiger partial charge in [0.2, 0.25) is 5.22 Å². The number of aromatic nitrogens is 1. The van der Waals surface area contributed by atoms with E-state index in [1.165, 1.54) is 17.6 Å². The fraction of sp³-hybridized carbons (Fsp3) is 0.111. The number of nitrogens with zero attached hydrogens (tertiary/aromatic N) is 1. The number of hydrogen-bond acceptors (Lipinski definition) is 4. The van der Waals surface area contributed by atoms with Crippen LogP contribution in [0, 0.1) is 0 Å². The average molecular weight is 228 g/mol. The summed E-state index contributed by atoms with van der Waals surface area (Å²) in [6.45, 7) is 0. The Labute approximate surface area is 89.3 Å². The highest BCUT2D eigenvalue weighted by Gasteiger charge is 2.13. The lowest BCUT2D eigenvalue weighted by Crippen LogP contribution is -2.00. The molecule has 0 radical (unpaired) electrons. The van der Waals surface area contributed by atoms with Crippen LogP contribution in [-0.4, -0.2) is 10.8 Å². The topological polar surface area (TPSA) is 43.1 Å². The summed E-state index contributed by atoms with van der Waals surface area (Å²) < 4.78 is 4.84. The minimum Gasteiger partial charge on any atom is -0.452 e. The van der Waals surface area contributed by atoms with Crippen LogP contribution in [-0.2, 0) is 6.42 Å². The largest absolute Gasteiger partial charge is 0.452 e. The van der Waals surface area contributed by atoms with E-state index in [4.69, 9.17) is 16.0 Å². The number of thiazole rings is 1. The summed E-state index contributed by atoms with van der Waals surface area (Å²) in [4.78, 5) is 16.4. The Morgan fingerprint density at radius 3 is 3.07 bits per heavy atom. The van der Waals surface area contributed by atoms with Crippen molar-refractivity contribution in [1.82, 2.24) is 4.98 Å². The third kappa shape index (κ3) is 1.86. The number of hydrogen-bond donors (Lipinski definition) is 0. The molecule has 0 bridgehead atoms. The summed E-state index contributed by atoms with van der Waals surface area (Å²) in [5, 5.41) is 0.152. The third-order valence-corrected chi connectivity index (χ3v) is 2.81. The second-order valence-corrected chi connectivity index (χ2v) is 3.99. The van der Waals surface area contributed by atoms with Crippen molar-refractivity contribution in [2.24, 2.45) is 0 Å². The van der Waals surface area contributed by atoms with Crippen molar-refractivity contribution in [2.45, 2.75) is 6.42 Å². The molecule has 0 aliphatic carbocycles. The molecule has 0 saturated heterocycles. The van der Waals surface area contributed by atoms with E-state index in [1.54, 1.807) is 17.8 Å². The second kappa shape index (κ2) is 3.94. The van der Waals surface area contributed by atoms with Crippen LogP contribution in [0.3, 0.4) is 0 Å². The van der Waals surface area contributed by atoms with Gasteiger partial charge in [0.15, 0.2) is 5.78 Å². The first-order chi connectivity index (χ1) is 6.77. The molecule has 0 saturated carbocycles. The lowest BCUT2D eigenvalue weighted by Gasteiger charge is -1.94. The highest BCUT2D eigenvalue weighted by Crippen LogP contribution is 2.19. The fourth-order valence-corrected chi connectivity index (χ4v) is 1.89. The number of Topliss-reactive ketones (excluding diaryl/α,β-unsaturated/α-hetero) is 1. The van der Waals surface area contributed by atoms with E-state index < -0.39 is 0 Å². The van der Waals surface area contributed by atoms with Crippen LogP contribution in [0.1, 0.15) is 15.2 Å². The monoisotopic (exact) mass is 227 g/mol. The fourth-order valence-electron chi connectivity index (χ4n) is 1.08. The number of ketones is 1. The van der Waals surface area contributed by atoms with E-state index in [2.05, 4.69) is 4.98 Å². The zero-order valence-electron chi connectivity index (χ0n) is 7.07. The summed E-state index contributed by atoms with van der Waals surface area (Å²) in [5.41, 5.74) is 2.12. The van der Waals surface area contributed by atoms with E-state index in [0.717, 1.165) is 4.88 Å². The first-order valence-electron chi connectivity index (χ1n) is 3.91. The van der Waals surface area contributed by atoms with Gasteiger partial charge in [0.1, 0.15) is 0 Å². The molecule has 0 fully saturated rings. The highest BCUT2D eigenvalue weighted by atomic mass is 35.5. The standard InChI is InChI=1S/C9H6ClNO2S/c10-9-7(1-2-13-9)8(12)3-6-4-11-5-14-6/h1-2,4-5H,3H2. The lowest BCUT2D eigenvalue weighted by molar-refractivity contribution is 0.0993. The quantitative estimate of drug-likeness (QED) is 0.758. The maximum absolute atomic E-state index is 11.6. The zero-order valence-corrected chi connectivity index (χ0v) is 8.64. The van der Waals surface area contributed by atoms with Gasteiger partial charge in [0.25, 0.3) is 0 Å². The minimum absolute atomic E-state index is 0.0481. The van der Waals surface area contributed by atoms with Gasteiger partial charge >= 0.3 is 0 Å². The predicted octanol–water partition coefficient (Wildman–Crippen LogP) is 2.81. The van der Waals surface area contributed by atoms with Gasteiger partial charge in [0.05, 0.1) is 17.3 Å². The normalized spacial score (nSPS) is 10.4. The first-order valence-corrected chi connectivity index (χ1v) is 5.16. The summed E-state index contributed by atoms with van der Waals surface area (Å²) in [5.74, 6) is -0.0481. The molecule has 0 atom stereocenters. The van der Waals surface area contributed by atoms with E-state index in [1.807, 2.05) is 0 Å². The van der Waals surface area contributed by atoms with Crippen molar-refractivity contribution in [3.05, 3.63) is 39.7 Å². The Kier molecular flexibility index (Phi) is 2.65. The van der Waals surface area contributed by atoms with Crippen molar-refractivity contribution in [1.29, 1.82) is 0 Å². The lowest BCUT2D eigenvalue weighted by atomic mass is 10.1. The van der Waals surface area contributed by atoms with Gasteiger partial charge < -0.3 is 4.42 Å². The van der Waals surface area contributed by atoms with E-state index in [0.29, 0.717) is 12.0 Å². The van der Waals surface area contributed by atoms with Crippen molar-refractivity contribution in [3.63, 3.8) is 0 Å². The molecule has 2 aromatic heterocycles. The van der Waals surface area contributed by atoms with Crippen LogP contribution < -0.4 is 0 Å². The Morgan fingerprint density at radius 1 is 1.64 bits per heavy atom. The molecular weight excluding hydrogens is 222 g/mol. The molecule has 72 valence electrons. The number of carbonyl (C=O) groups is 1. The van der Waals surface area contributed by atoms with E-state index in [-0.39, 0.29) is 11.0 Å². The smallest absolute Gasteiger partial charge is 0.203 e. The third-order valence-electron chi connectivity index (χ3n) is 1.74. The van der Waals surface area contributed by atoms with Gasteiger partial charge in [-0.1, -0.05) is 0 Å². The maximum atomic E-state index is 11.6. The Morgan fingerprint density at radius 2 is 2.50 bits per heavy atom. The zero-order chi connectivity index (χ0) is 9.97. The molecule has 0 aromatic carbocycles. The Hall–Kier alpha value is -1.13. The number of carbonyl (C=O) groups excluding carboxylic acids is 1. The molecular formula is C9H6ClNO2S. The molecule has 2 rings (SSSR count). The molecule has 2 heterocycles.